The number of alkyl halides is 3. The number of piperidine rings is 1. The molecule has 1 unspecified atom stereocenters. The molecule has 0 radical (unpaired) electrons. The van der Waals surface area contributed by atoms with Crippen LogP contribution in [0.1, 0.15) is 48.5 Å². The molecule has 0 saturated carbocycles. The van der Waals surface area contributed by atoms with Gasteiger partial charge in [-0.3, -0.25) is 4.79 Å². The number of H-pyrrole nitrogens is 1. The molecule has 4 rings (SSSR count). The first-order valence-electron chi connectivity index (χ1n) is 11.1. The summed E-state index contributed by atoms with van der Waals surface area (Å²) in [6.45, 7) is 5.15. The number of aromatic amines is 1. The van der Waals surface area contributed by atoms with Crippen molar-refractivity contribution in [3.63, 3.8) is 0 Å². The maximum atomic E-state index is 13.2. The quantitative estimate of drug-likeness (QED) is 0.481. The first-order chi connectivity index (χ1) is 16.7. The van der Waals surface area contributed by atoms with E-state index in [0.717, 1.165) is 37.7 Å². The number of aryl methyl sites for hydroxylation is 1. The van der Waals surface area contributed by atoms with Gasteiger partial charge in [0.25, 0.3) is 11.4 Å². The Kier molecular flexibility index (Phi) is 7.28. The molecule has 0 bridgehead atoms. The van der Waals surface area contributed by atoms with Crippen LogP contribution in [-0.4, -0.2) is 56.0 Å². The van der Waals surface area contributed by atoms with E-state index >= 15 is 0 Å². The Hall–Kier alpha value is -3.55. The van der Waals surface area contributed by atoms with Crippen LogP contribution in [0.4, 0.5) is 24.8 Å². The Morgan fingerprint density at radius 3 is 2.66 bits per heavy atom. The first kappa shape index (κ1) is 24.6. The summed E-state index contributed by atoms with van der Waals surface area (Å²) in [6.07, 6.45) is 1.33. The molecule has 188 valence electrons. The number of nitrogens with zero attached hydrogens (tertiary/aromatic N) is 6. The largest absolute Gasteiger partial charge is 0.423 e. The van der Waals surface area contributed by atoms with E-state index in [-0.39, 0.29) is 25.0 Å². The fraction of sp³-hybridized carbons (Fsp3) is 0.524. The molecular formula is C21H25F3N8O3. The molecule has 11 nitrogen and oxygen atoms in total. The highest BCUT2D eigenvalue weighted by Gasteiger charge is 2.37. The Morgan fingerprint density at radius 1 is 1.26 bits per heavy atom. The summed E-state index contributed by atoms with van der Waals surface area (Å²) >= 11 is 0. The second kappa shape index (κ2) is 10.4. The van der Waals surface area contributed by atoms with Crippen molar-refractivity contribution < 1.29 is 22.4 Å². The lowest BCUT2D eigenvalue weighted by Crippen LogP contribution is -2.34. The van der Waals surface area contributed by atoms with Crippen LogP contribution in [0.3, 0.4) is 0 Å². The molecule has 3 aromatic heterocycles. The fourth-order valence-corrected chi connectivity index (χ4v) is 3.80. The smallest absolute Gasteiger partial charge is 0.378 e. The van der Waals surface area contributed by atoms with Crippen LogP contribution >= 0.6 is 0 Å². The monoisotopic (exact) mass is 494 g/mol. The number of hydrogen-bond acceptors (Lipinski definition) is 10. The van der Waals surface area contributed by atoms with Gasteiger partial charge in [-0.15, -0.1) is 0 Å². The van der Waals surface area contributed by atoms with E-state index in [1.807, 2.05) is 6.92 Å². The molecule has 0 aliphatic carbocycles. The van der Waals surface area contributed by atoms with Crippen molar-refractivity contribution in [3.8, 4) is 0 Å². The van der Waals surface area contributed by atoms with Gasteiger partial charge < -0.3 is 19.5 Å². The maximum absolute atomic E-state index is 13.2. The number of ether oxygens (including phenoxy) is 1. The molecule has 1 aliphatic rings. The van der Waals surface area contributed by atoms with Crippen LogP contribution < -0.4 is 15.8 Å². The third-order valence-electron chi connectivity index (χ3n) is 5.53. The van der Waals surface area contributed by atoms with E-state index < -0.39 is 29.0 Å². The van der Waals surface area contributed by atoms with Gasteiger partial charge in [-0.1, -0.05) is 5.16 Å². The Bertz CT molecular complexity index is 1170. The van der Waals surface area contributed by atoms with Crippen LogP contribution in [0.2, 0.25) is 0 Å². The summed E-state index contributed by atoms with van der Waals surface area (Å²) in [7, 11) is 0. The average Bonchev–Trinajstić information content (AvgIpc) is 3.28. The van der Waals surface area contributed by atoms with E-state index in [4.69, 9.17) is 9.26 Å². The molecule has 0 aromatic carbocycles. The van der Waals surface area contributed by atoms with Crippen molar-refractivity contribution >= 4 is 11.6 Å². The van der Waals surface area contributed by atoms with Crippen LogP contribution in [-0.2, 0) is 17.5 Å². The van der Waals surface area contributed by atoms with E-state index in [1.54, 1.807) is 24.4 Å². The number of nitrogens with one attached hydrogen (secondary N) is 2. The van der Waals surface area contributed by atoms with Gasteiger partial charge in [-0.25, -0.2) is 15.1 Å². The van der Waals surface area contributed by atoms with E-state index in [1.165, 1.54) is 0 Å². The van der Waals surface area contributed by atoms with Crippen molar-refractivity contribution in [3.05, 3.63) is 51.8 Å². The zero-order valence-corrected chi connectivity index (χ0v) is 19.2. The molecule has 2 N–H and O–H groups in total. The summed E-state index contributed by atoms with van der Waals surface area (Å²) in [5, 5.41) is 11.9. The highest BCUT2D eigenvalue weighted by atomic mass is 19.4. The molecule has 0 amide bonds. The van der Waals surface area contributed by atoms with Crippen molar-refractivity contribution in [2.75, 3.05) is 29.9 Å². The zero-order valence-electron chi connectivity index (χ0n) is 19.2. The Balaban J connectivity index is 1.25. The van der Waals surface area contributed by atoms with Crippen molar-refractivity contribution in [1.29, 1.82) is 0 Å². The SMILES string of the molecule is Cc1cnc(N2CCC(c3noc(COCC(C)Nc4cn[nH]c(=O)c4C(F)(F)F)n3)CC2)nc1. The zero-order chi connectivity index (χ0) is 25.0. The van der Waals surface area contributed by atoms with Gasteiger partial charge in [0.2, 0.25) is 5.95 Å². The highest BCUT2D eigenvalue weighted by molar-refractivity contribution is 5.50. The second-order valence-corrected chi connectivity index (χ2v) is 8.41. The number of halogens is 3. The Labute approximate surface area is 198 Å². The second-order valence-electron chi connectivity index (χ2n) is 8.41. The van der Waals surface area contributed by atoms with E-state index in [0.29, 0.717) is 11.8 Å². The van der Waals surface area contributed by atoms with Crippen molar-refractivity contribution in [2.24, 2.45) is 0 Å². The molecular weight excluding hydrogens is 469 g/mol. The molecule has 14 heteroatoms. The van der Waals surface area contributed by atoms with Crippen molar-refractivity contribution in [1.82, 2.24) is 30.3 Å². The predicted molar refractivity (Wildman–Crippen MR) is 118 cm³/mol. The van der Waals surface area contributed by atoms with Crippen LogP contribution in [0, 0.1) is 6.92 Å². The molecule has 35 heavy (non-hydrogen) atoms. The number of aromatic nitrogens is 6. The summed E-state index contributed by atoms with van der Waals surface area (Å²) in [4.78, 5) is 26.8. The normalized spacial score (nSPS) is 15.9. The predicted octanol–water partition coefficient (Wildman–Crippen LogP) is 2.67. The van der Waals surface area contributed by atoms with E-state index in [9.17, 15) is 18.0 Å². The lowest BCUT2D eigenvalue weighted by atomic mass is 9.96. The summed E-state index contributed by atoms with van der Waals surface area (Å²) in [6, 6.07) is -0.546. The van der Waals surface area contributed by atoms with Crippen LogP contribution in [0.15, 0.2) is 27.9 Å². The summed E-state index contributed by atoms with van der Waals surface area (Å²) in [5.74, 6) is 1.73. The van der Waals surface area contributed by atoms with Gasteiger partial charge in [0.15, 0.2) is 5.82 Å². The number of anilines is 2. The maximum Gasteiger partial charge on any atom is 0.423 e. The summed E-state index contributed by atoms with van der Waals surface area (Å²) in [5.41, 5.74) is -2.05. The van der Waals surface area contributed by atoms with Crippen LogP contribution in [0.5, 0.6) is 0 Å². The minimum atomic E-state index is -4.82. The van der Waals surface area contributed by atoms with Gasteiger partial charge in [0.1, 0.15) is 12.2 Å². The number of rotatable bonds is 8. The molecule has 4 heterocycles. The van der Waals surface area contributed by atoms with Crippen LogP contribution in [0.25, 0.3) is 0 Å². The van der Waals surface area contributed by atoms with Crippen molar-refractivity contribution in [2.45, 2.75) is 51.4 Å². The highest BCUT2D eigenvalue weighted by Crippen LogP contribution is 2.31. The molecule has 1 atom stereocenters. The standard InChI is InChI=1S/C21H25F3N8O3/c1-12-7-25-20(26-8-12)32-5-3-14(4-6-32)18-29-16(35-31-18)11-34-10-13(2)28-15-9-27-30-19(33)17(15)21(22,23)24/h7-9,13-14H,3-6,10-11H2,1-2H3,(H2,28,30,33). The first-order valence-corrected chi connectivity index (χ1v) is 11.1. The Morgan fingerprint density at radius 2 is 1.97 bits per heavy atom. The lowest BCUT2D eigenvalue weighted by Gasteiger charge is -2.30. The average molecular weight is 494 g/mol. The summed E-state index contributed by atoms with van der Waals surface area (Å²) < 4.78 is 50.3. The third kappa shape index (κ3) is 6.12. The van der Waals surface area contributed by atoms with Gasteiger partial charge >= 0.3 is 6.18 Å². The van der Waals surface area contributed by atoms with E-state index in [2.05, 4.69) is 35.4 Å². The fourth-order valence-electron chi connectivity index (χ4n) is 3.80. The molecule has 1 fully saturated rings. The molecule has 0 spiro atoms. The van der Waals surface area contributed by atoms with Gasteiger partial charge in [-0.2, -0.15) is 23.3 Å². The van der Waals surface area contributed by atoms with Gasteiger partial charge in [-0.05, 0) is 32.3 Å². The molecule has 3 aromatic rings. The molecule has 1 saturated heterocycles. The third-order valence-corrected chi connectivity index (χ3v) is 5.53. The minimum absolute atomic E-state index is 0.00875. The van der Waals surface area contributed by atoms with Gasteiger partial charge in [0.05, 0.1) is 18.5 Å². The number of hydrogen-bond donors (Lipinski definition) is 2. The topological polar surface area (TPSA) is 135 Å². The lowest BCUT2D eigenvalue weighted by molar-refractivity contribution is -0.138. The molecule has 1 aliphatic heterocycles. The minimum Gasteiger partial charge on any atom is -0.378 e. The van der Waals surface area contributed by atoms with Gasteiger partial charge in [0, 0.05) is 37.4 Å².